The van der Waals surface area contributed by atoms with Crippen molar-refractivity contribution in [1.82, 2.24) is 5.32 Å². The Morgan fingerprint density at radius 1 is 1.04 bits per heavy atom. The topological polar surface area (TPSA) is 93.7 Å². The zero-order chi connectivity index (χ0) is 19.6. The van der Waals surface area contributed by atoms with Crippen LogP contribution in [0.1, 0.15) is 23.7 Å². The first-order valence-corrected chi connectivity index (χ1v) is 8.53. The van der Waals surface area contributed by atoms with Crippen LogP contribution in [0.5, 0.6) is 5.75 Å². The van der Waals surface area contributed by atoms with Gasteiger partial charge in [0, 0.05) is 18.3 Å². The van der Waals surface area contributed by atoms with Crippen LogP contribution in [0.4, 0.5) is 5.69 Å². The molecular weight excluding hydrogens is 348 g/mol. The van der Waals surface area contributed by atoms with Crippen molar-refractivity contribution in [3.8, 4) is 5.75 Å². The normalized spacial score (nSPS) is 11.2. The van der Waals surface area contributed by atoms with Gasteiger partial charge >= 0.3 is 5.97 Å². The van der Waals surface area contributed by atoms with Crippen LogP contribution in [-0.4, -0.2) is 37.5 Å². The Morgan fingerprint density at radius 3 is 2.44 bits per heavy atom. The third kappa shape index (κ3) is 6.14. The Morgan fingerprint density at radius 2 is 1.78 bits per heavy atom. The minimum Gasteiger partial charge on any atom is -0.479 e. The van der Waals surface area contributed by atoms with E-state index in [1.807, 2.05) is 6.07 Å². The zero-order valence-electron chi connectivity index (χ0n) is 15.2. The summed E-state index contributed by atoms with van der Waals surface area (Å²) in [7, 11) is 1.52. The summed E-state index contributed by atoms with van der Waals surface area (Å²) in [4.78, 5) is 35.8. The van der Waals surface area contributed by atoms with Crippen molar-refractivity contribution >= 4 is 23.5 Å². The van der Waals surface area contributed by atoms with Gasteiger partial charge in [0.2, 0.25) is 0 Å². The summed E-state index contributed by atoms with van der Waals surface area (Å²) in [5.41, 5.74) is 0.847. The zero-order valence-corrected chi connectivity index (χ0v) is 15.2. The summed E-state index contributed by atoms with van der Waals surface area (Å²) in [6, 6.07) is 15.4. The number of carbonyl (C=O) groups excluding carboxylic acids is 3. The molecule has 0 aliphatic rings. The molecule has 0 saturated heterocycles. The van der Waals surface area contributed by atoms with E-state index in [2.05, 4.69) is 10.6 Å². The molecular formula is C20H22N2O5. The number of amides is 2. The quantitative estimate of drug-likeness (QED) is 0.696. The lowest BCUT2D eigenvalue weighted by Crippen LogP contribution is -2.31. The average molecular weight is 370 g/mol. The van der Waals surface area contributed by atoms with Gasteiger partial charge in [0.25, 0.3) is 11.8 Å². The molecule has 2 amide bonds. The lowest BCUT2D eigenvalue weighted by Gasteiger charge is -2.16. The Kier molecular flexibility index (Phi) is 7.37. The second kappa shape index (κ2) is 9.96. The fourth-order valence-corrected chi connectivity index (χ4v) is 2.27. The second-order valence-corrected chi connectivity index (χ2v) is 5.64. The molecule has 2 aromatic carbocycles. The smallest absolute Gasteiger partial charge is 0.347 e. The van der Waals surface area contributed by atoms with E-state index in [4.69, 9.17) is 9.47 Å². The standard InChI is InChI=1S/C20H22N2O5/c1-3-17(27-16-10-5-4-6-11-16)20(25)26-13-18(23)22-15-9-7-8-14(12-15)19(24)21-2/h4-12,17H,3,13H2,1-2H3,(H,21,24)(H,22,23)/t17-/m0/s1. The lowest BCUT2D eigenvalue weighted by molar-refractivity contribution is -0.154. The van der Waals surface area contributed by atoms with E-state index in [0.717, 1.165) is 0 Å². The second-order valence-electron chi connectivity index (χ2n) is 5.64. The van der Waals surface area contributed by atoms with Crippen molar-refractivity contribution in [2.45, 2.75) is 19.4 Å². The fraction of sp³-hybridized carbons (Fsp3) is 0.250. The highest BCUT2D eigenvalue weighted by Crippen LogP contribution is 2.14. The first kappa shape index (κ1) is 20.0. The first-order valence-electron chi connectivity index (χ1n) is 8.53. The van der Waals surface area contributed by atoms with Crippen molar-refractivity contribution < 1.29 is 23.9 Å². The van der Waals surface area contributed by atoms with Crippen molar-refractivity contribution in [3.63, 3.8) is 0 Å². The number of benzene rings is 2. The largest absolute Gasteiger partial charge is 0.479 e. The van der Waals surface area contributed by atoms with E-state index >= 15 is 0 Å². The minimum atomic E-state index is -0.795. The number of ether oxygens (including phenoxy) is 2. The van der Waals surface area contributed by atoms with Gasteiger partial charge in [0.15, 0.2) is 12.7 Å². The molecule has 0 fully saturated rings. The Hall–Kier alpha value is -3.35. The van der Waals surface area contributed by atoms with Crippen molar-refractivity contribution in [1.29, 1.82) is 0 Å². The third-order valence-corrected chi connectivity index (χ3v) is 3.64. The highest BCUT2D eigenvalue weighted by molar-refractivity contribution is 5.97. The van der Waals surface area contributed by atoms with E-state index in [9.17, 15) is 14.4 Å². The SMILES string of the molecule is CC[C@H](Oc1ccccc1)C(=O)OCC(=O)Nc1cccc(C(=O)NC)c1. The molecule has 1 atom stereocenters. The molecule has 2 N–H and O–H groups in total. The van der Waals surface area contributed by atoms with Gasteiger partial charge in [-0.25, -0.2) is 4.79 Å². The molecule has 2 rings (SSSR count). The van der Waals surface area contributed by atoms with Crippen molar-refractivity contribution in [3.05, 3.63) is 60.2 Å². The van der Waals surface area contributed by atoms with Gasteiger partial charge in [-0.1, -0.05) is 31.2 Å². The van der Waals surface area contributed by atoms with Gasteiger partial charge in [-0.05, 0) is 36.8 Å². The van der Waals surface area contributed by atoms with Crippen LogP contribution in [-0.2, 0) is 14.3 Å². The number of esters is 1. The molecule has 142 valence electrons. The van der Waals surface area contributed by atoms with Crippen LogP contribution in [0.15, 0.2) is 54.6 Å². The third-order valence-electron chi connectivity index (χ3n) is 3.64. The lowest BCUT2D eigenvalue weighted by atomic mass is 10.2. The molecule has 0 saturated carbocycles. The number of para-hydroxylation sites is 1. The molecule has 0 radical (unpaired) electrons. The molecule has 0 heterocycles. The maximum atomic E-state index is 12.1. The summed E-state index contributed by atoms with van der Waals surface area (Å²) in [6.07, 6.45) is -0.388. The van der Waals surface area contributed by atoms with E-state index in [-0.39, 0.29) is 5.91 Å². The maximum Gasteiger partial charge on any atom is 0.347 e. The van der Waals surface area contributed by atoms with Gasteiger partial charge < -0.3 is 20.1 Å². The van der Waals surface area contributed by atoms with E-state index in [1.165, 1.54) is 13.1 Å². The summed E-state index contributed by atoms with van der Waals surface area (Å²) < 4.78 is 10.6. The van der Waals surface area contributed by atoms with Crippen LogP contribution in [0, 0.1) is 0 Å². The molecule has 2 aromatic rings. The molecule has 0 aromatic heterocycles. The maximum absolute atomic E-state index is 12.1. The number of hydrogen-bond acceptors (Lipinski definition) is 5. The highest BCUT2D eigenvalue weighted by Gasteiger charge is 2.21. The van der Waals surface area contributed by atoms with Crippen LogP contribution in [0.2, 0.25) is 0 Å². The Bertz CT molecular complexity index is 792. The van der Waals surface area contributed by atoms with Crippen LogP contribution >= 0.6 is 0 Å². The van der Waals surface area contributed by atoms with Crippen molar-refractivity contribution in [2.24, 2.45) is 0 Å². The Balaban J connectivity index is 1.87. The van der Waals surface area contributed by atoms with Gasteiger partial charge in [-0.2, -0.15) is 0 Å². The van der Waals surface area contributed by atoms with Crippen LogP contribution in [0.25, 0.3) is 0 Å². The first-order chi connectivity index (χ1) is 13.0. The Labute approximate surface area is 157 Å². The highest BCUT2D eigenvalue weighted by atomic mass is 16.6. The predicted octanol–water partition coefficient (Wildman–Crippen LogP) is 2.39. The summed E-state index contributed by atoms with van der Waals surface area (Å²) >= 11 is 0. The molecule has 0 aliphatic carbocycles. The van der Waals surface area contributed by atoms with Gasteiger partial charge in [0.1, 0.15) is 5.75 Å². The summed E-state index contributed by atoms with van der Waals surface area (Å²) in [5, 5.41) is 5.09. The van der Waals surface area contributed by atoms with Crippen LogP contribution < -0.4 is 15.4 Å². The van der Waals surface area contributed by atoms with Crippen LogP contribution in [0.3, 0.4) is 0 Å². The number of anilines is 1. The number of rotatable bonds is 8. The number of nitrogens with one attached hydrogen (secondary N) is 2. The van der Waals surface area contributed by atoms with E-state index < -0.39 is 24.6 Å². The molecule has 0 aliphatic heterocycles. The molecule has 0 bridgehead atoms. The predicted molar refractivity (Wildman–Crippen MR) is 101 cm³/mol. The molecule has 7 nitrogen and oxygen atoms in total. The molecule has 0 unspecified atom stereocenters. The van der Waals surface area contributed by atoms with Gasteiger partial charge in [0.05, 0.1) is 0 Å². The van der Waals surface area contributed by atoms with Gasteiger partial charge in [-0.3, -0.25) is 9.59 Å². The minimum absolute atomic E-state index is 0.263. The summed E-state index contributed by atoms with van der Waals surface area (Å²) in [5.74, 6) is -0.833. The monoisotopic (exact) mass is 370 g/mol. The van der Waals surface area contributed by atoms with Gasteiger partial charge in [-0.15, -0.1) is 0 Å². The number of hydrogen-bond donors (Lipinski definition) is 2. The average Bonchev–Trinajstić information content (AvgIpc) is 2.70. The molecule has 0 spiro atoms. The molecule has 27 heavy (non-hydrogen) atoms. The number of carbonyl (C=O) groups is 3. The fourth-order valence-electron chi connectivity index (χ4n) is 2.27. The van der Waals surface area contributed by atoms with E-state index in [1.54, 1.807) is 49.4 Å². The van der Waals surface area contributed by atoms with Crippen molar-refractivity contribution in [2.75, 3.05) is 19.0 Å². The summed E-state index contributed by atoms with van der Waals surface area (Å²) in [6.45, 7) is 1.34. The van der Waals surface area contributed by atoms with E-state index in [0.29, 0.717) is 23.4 Å². The molecule has 7 heteroatoms.